The molecule has 0 bridgehead atoms. The summed E-state index contributed by atoms with van der Waals surface area (Å²) in [7, 11) is 0. The Bertz CT molecular complexity index is 1380. The molecule has 7 heteroatoms. The molecule has 3 N–H and O–H groups in total. The zero-order chi connectivity index (χ0) is 20.5. The van der Waals surface area contributed by atoms with Crippen molar-refractivity contribution in [3.63, 3.8) is 0 Å². The second-order valence-electron chi connectivity index (χ2n) is 6.81. The van der Waals surface area contributed by atoms with E-state index in [0.29, 0.717) is 11.1 Å². The number of H-pyrrole nitrogens is 1. The largest absolute Gasteiger partial charge is 0.360 e. The molecule has 0 fully saturated rings. The van der Waals surface area contributed by atoms with Crippen LogP contribution < -0.4 is 10.9 Å². The smallest absolute Gasteiger partial charge is 0.271 e. The monoisotopic (exact) mass is 395 g/mol. The number of carbonyl (C=O) groups excluding carboxylic acids is 2. The van der Waals surface area contributed by atoms with E-state index in [2.05, 4.69) is 20.8 Å². The molecule has 0 atom stereocenters. The maximum atomic E-state index is 12.4. The molecular formula is C23H17N5O2. The number of para-hydroxylation sites is 3. The van der Waals surface area contributed by atoms with E-state index in [1.54, 1.807) is 24.7 Å². The van der Waals surface area contributed by atoms with E-state index in [1.807, 2.05) is 65.2 Å². The van der Waals surface area contributed by atoms with Gasteiger partial charge < -0.3 is 4.98 Å². The molecule has 0 unspecified atom stereocenters. The summed E-state index contributed by atoms with van der Waals surface area (Å²) in [5.41, 5.74) is 9.47. The van der Waals surface area contributed by atoms with Crippen LogP contribution in [0.25, 0.3) is 27.6 Å². The molecule has 30 heavy (non-hydrogen) atoms. The van der Waals surface area contributed by atoms with Gasteiger partial charge in [0.2, 0.25) is 0 Å². The van der Waals surface area contributed by atoms with Crippen molar-refractivity contribution in [1.29, 1.82) is 0 Å². The van der Waals surface area contributed by atoms with Gasteiger partial charge in [0.25, 0.3) is 11.8 Å². The zero-order valence-electron chi connectivity index (χ0n) is 15.8. The summed E-state index contributed by atoms with van der Waals surface area (Å²) in [5, 5.41) is 0.793. The summed E-state index contributed by atoms with van der Waals surface area (Å²) in [6.45, 7) is 0. The highest BCUT2D eigenvalue weighted by molar-refractivity contribution is 6.07. The first-order chi connectivity index (χ1) is 14.7. The van der Waals surface area contributed by atoms with Crippen molar-refractivity contribution in [2.45, 2.75) is 0 Å². The highest BCUT2D eigenvalue weighted by Crippen LogP contribution is 2.19. The molecule has 2 amide bonds. The van der Waals surface area contributed by atoms with Gasteiger partial charge in [0.1, 0.15) is 6.33 Å². The Kier molecular flexibility index (Phi) is 4.25. The van der Waals surface area contributed by atoms with Crippen LogP contribution in [0.2, 0.25) is 0 Å². The molecule has 5 aromatic rings. The van der Waals surface area contributed by atoms with E-state index in [1.165, 1.54) is 0 Å². The normalized spacial score (nSPS) is 10.9. The van der Waals surface area contributed by atoms with Gasteiger partial charge in [-0.05, 0) is 42.5 Å². The molecular weight excluding hydrogens is 378 g/mol. The van der Waals surface area contributed by atoms with Crippen LogP contribution in [0.15, 0.2) is 85.3 Å². The minimum Gasteiger partial charge on any atom is -0.360 e. The average molecular weight is 395 g/mol. The number of nitrogens with one attached hydrogen (secondary N) is 3. The van der Waals surface area contributed by atoms with E-state index in [9.17, 15) is 9.59 Å². The number of aromatic nitrogens is 3. The van der Waals surface area contributed by atoms with E-state index in [4.69, 9.17) is 0 Å². The molecule has 0 radical (unpaired) electrons. The van der Waals surface area contributed by atoms with Crippen molar-refractivity contribution >= 4 is 33.8 Å². The Morgan fingerprint density at radius 1 is 0.833 bits per heavy atom. The summed E-state index contributed by atoms with van der Waals surface area (Å²) < 4.78 is 1.95. The van der Waals surface area contributed by atoms with Gasteiger partial charge in [0.05, 0.1) is 16.6 Å². The number of imidazole rings is 1. The third-order valence-corrected chi connectivity index (χ3v) is 4.98. The third-order valence-electron chi connectivity index (χ3n) is 4.98. The molecule has 0 saturated carbocycles. The molecule has 5 rings (SSSR count). The summed E-state index contributed by atoms with van der Waals surface area (Å²) in [4.78, 5) is 32.3. The van der Waals surface area contributed by atoms with Gasteiger partial charge in [-0.25, -0.2) is 4.98 Å². The summed E-state index contributed by atoms with van der Waals surface area (Å²) >= 11 is 0. The lowest BCUT2D eigenvalue weighted by atomic mass is 10.1. The molecule has 3 aromatic carbocycles. The first-order valence-electron chi connectivity index (χ1n) is 9.40. The zero-order valence-corrected chi connectivity index (χ0v) is 15.8. The Morgan fingerprint density at radius 2 is 1.57 bits per heavy atom. The van der Waals surface area contributed by atoms with Gasteiger partial charge in [-0.3, -0.25) is 25.0 Å². The molecule has 0 spiro atoms. The minimum absolute atomic E-state index is 0.387. The number of hydrogen-bond acceptors (Lipinski definition) is 3. The van der Waals surface area contributed by atoms with E-state index in [-0.39, 0.29) is 5.91 Å². The van der Waals surface area contributed by atoms with Crippen molar-refractivity contribution in [3.05, 3.63) is 96.4 Å². The van der Waals surface area contributed by atoms with Crippen LogP contribution in [0.3, 0.4) is 0 Å². The van der Waals surface area contributed by atoms with Gasteiger partial charge in [0, 0.05) is 28.4 Å². The lowest BCUT2D eigenvalue weighted by Gasteiger charge is -2.08. The Morgan fingerprint density at radius 3 is 2.43 bits per heavy atom. The van der Waals surface area contributed by atoms with Crippen LogP contribution in [-0.2, 0) is 0 Å². The van der Waals surface area contributed by atoms with Gasteiger partial charge >= 0.3 is 0 Å². The molecule has 146 valence electrons. The summed E-state index contributed by atoms with van der Waals surface area (Å²) in [5.74, 6) is -0.785. The highest BCUT2D eigenvalue weighted by Gasteiger charge is 2.13. The van der Waals surface area contributed by atoms with Crippen LogP contribution in [-0.4, -0.2) is 26.3 Å². The molecule has 0 aliphatic rings. The summed E-state index contributed by atoms with van der Waals surface area (Å²) in [6.07, 6.45) is 3.37. The number of nitrogens with zero attached hydrogens (tertiary/aromatic N) is 2. The fraction of sp³-hybridized carbons (Fsp3) is 0. The predicted octanol–water partition coefficient (Wildman–Crippen LogP) is 3.58. The van der Waals surface area contributed by atoms with Gasteiger partial charge in [-0.15, -0.1) is 0 Å². The molecule has 2 heterocycles. The number of aromatic amines is 1. The summed E-state index contributed by atoms with van der Waals surface area (Å²) in [6, 6.07) is 22.4. The van der Waals surface area contributed by atoms with Crippen molar-refractivity contribution in [3.8, 4) is 5.69 Å². The second kappa shape index (κ2) is 7.21. The fourth-order valence-electron chi connectivity index (χ4n) is 3.45. The van der Waals surface area contributed by atoms with Crippen molar-refractivity contribution in [2.75, 3.05) is 0 Å². The maximum Gasteiger partial charge on any atom is 0.271 e. The van der Waals surface area contributed by atoms with Crippen LogP contribution in [0.1, 0.15) is 20.7 Å². The van der Waals surface area contributed by atoms with E-state index >= 15 is 0 Å². The topological polar surface area (TPSA) is 91.8 Å². The quantitative estimate of drug-likeness (QED) is 0.408. The number of benzene rings is 3. The van der Waals surface area contributed by atoms with Crippen LogP contribution in [0.4, 0.5) is 0 Å². The lowest BCUT2D eigenvalue weighted by molar-refractivity contribution is 0.0847. The Balaban J connectivity index is 1.29. The Hall–Kier alpha value is -4.39. The molecule has 0 aliphatic carbocycles. The molecule has 0 aliphatic heterocycles. The lowest BCUT2D eigenvalue weighted by Crippen LogP contribution is -2.41. The number of carbonyl (C=O) groups is 2. The van der Waals surface area contributed by atoms with Crippen LogP contribution in [0, 0.1) is 0 Å². The third kappa shape index (κ3) is 3.08. The highest BCUT2D eigenvalue weighted by atomic mass is 16.2. The predicted molar refractivity (Wildman–Crippen MR) is 114 cm³/mol. The van der Waals surface area contributed by atoms with Crippen LogP contribution in [0.5, 0.6) is 0 Å². The van der Waals surface area contributed by atoms with Crippen LogP contribution >= 0.6 is 0 Å². The first-order valence-corrected chi connectivity index (χ1v) is 9.40. The number of fused-ring (bicyclic) bond motifs is 2. The van der Waals surface area contributed by atoms with Gasteiger partial charge in [-0.1, -0.05) is 30.3 Å². The average Bonchev–Trinajstić information content (AvgIpc) is 3.42. The number of rotatable bonds is 3. The second-order valence-corrected chi connectivity index (χ2v) is 6.81. The standard InChI is InChI=1S/C23H17N5O2/c29-22(26-27-23(30)18-13-24-19-6-2-1-5-17(18)19)15-9-11-16(12-10-15)28-14-25-20-7-3-4-8-21(20)28/h1-14,24H,(H,26,29)(H,27,30). The SMILES string of the molecule is O=C(NNC(=O)c1c[nH]c2ccccc12)c1ccc(-n2cnc3ccccc32)cc1. The fourth-order valence-corrected chi connectivity index (χ4v) is 3.45. The number of amides is 2. The minimum atomic E-state index is -0.398. The van der Waals surface area contributed by atoms with E-state index < -0.39 is 5.91 Å². The van der Waals surface area contributed by atoms with Crippen molar-refractivity contribution in [1.82, 2.24) is 25.4 Å². The Labute approximate surface area is 171 Å². The van der Waals surface area contributed by atoms with Crippen molar-refractivity contribution in [2.24, 2.45) is 0 Å². The van der Waals surface area contributed by atoms with Crippen molar-refractivity contribution < 1.29 is 9.59 Å². The molecule has 7 nitrogen and oxygen atoms in total. The van der Waals surface area contributed by atoms with E-state index in [0.717, 1.165) is 27.6 Å². The molecule has 2 aromatic heterocycles. The first kappa shape index (κ1) is 17.7. The number of hydrogen-bond donors (Lipinski definition) is 3. The number of hydrazine groups is 1. The molecule has 0 saturated heterocycles. The van der Waals surface area contributed by atoms with Gasteiger partial charge in [0.15, 0.2) is 0 Å². The van der Waals surface area contributed by atoms with Gasteiger partial charge in [-0.2, -0.15) is 0 Å². The maximum absolute atomic E-state index is 12.4.